The molecule has 0 aromatic heterocycles. The highest BCUT2D eigenvalue weighted by Crippen LogP contribution is 2.03. The first kappa shape index (κ1) is 11.6. The zero-order valence-corrected chi connectivity index (χ0v) is 9.12. The lowest BCUT2D eigenvalue weighted by atomic mass is 10.3. The second-order valence-corrected chi connectivity index (χ2v) is 3.39. The van der Waals surface area contributed by atoms with Gasteiger partial charge in [-0.3, -0.25) is 4.79 Å². The average Bonchev–Trinajstić information content (AvgIpc) is 2.26. The van der Waals surface area contributed by atoms with E-state index >= 15 is 0 Å². The Balaban J connectivity index is 2.10. The molecule has 0 bridgehead atoms. The normalized spacial score (nSPS) is 9.67. The molecule has 0 radical (unpaired) electrons. The fourth-order valence-corrected chi connectivity index (χ4v) is 1.28. The van der Waals surface area contributed by atoms with Gasteiger partial charge in [-0.05, 0) is 18.6 Å². The summed E-state index contributed by atoms with van der Waals surface area (Å²) in [6.07, 6.45) is 1.52. The van der Waals surface area contributed by atoms with E-state index in [1.165, 1.54) is 0 Å². The predicted molar refractivity (Wildman–Crippen MR) is 62.8 cm³/mol. The summed E-state index contributed by atoms with van der Waals surface area (Å²) < 4.78 is 0. The van der Waals surface area contributed by atoms with Gasteiger partial charge in [0.15, 0.2) is 0 Å². The summed E-state index contributed by atoms with van der Waals surface area (Å²) in [7, 11) is 0. The van der Waals surface area contributed by atoms with E-state index in [0.29, 0.717) is 13.0 Å². The Hall–Kier alpha value is -1.51. The van der Waals surface area contributed by atoms with E-state index in [0.717, 1.165) is 18.7 Å². The van der Waals surface area contributed by atoms with Gasteiger partial charge in [0, 0.05) is 25.2 Å². The SMILES string of the molecule is CCCC(=O)NCCNc1ccccc1. The number of para-hydroxylation sites is 1. The van der Waals surface area contributed by atoms with Crippen molar-refractivity contribution in [1.29, 1.82) is 0 Å². The van der Waals surface area contributed by atoms with Gasteiger partial charge in [-0.2, -0.15) is 0 Å². The molecule has 0 heterocycles. The molecule has 1 amide bonds. The minimum atomic E-state index is 0.132. The molecule has 0 atom stereocenters. The Bertz CT molecular complexity index is 285. The van der Waals surface area contributed by atoms with Crippen LogP contribution < -0.4 is 10.6 Å². The number of carbonyl (C=O) groups is 1. The van der Waals surface area contributed by atoms with E-state index in [1.807, 2.05) is 37.3 Å². The molecule has 15 heavy (non-hydrogen) atoms. The molecule has 2 N–H and O–H groups in total. The Kier molecular flexibility index (Phi) is 5.30. The molecular weight excluding hydrogens is 188 g/mol. The molecule has 3 heteroatoms. The summed E-state index contributed by atoms with van der Waals surface area (Å²) >= 11 is 0. The van der Waals surface area contributed by atoms with Crippen LogP contribution >= 0.6 is 0 Å². The third kappa shape index (κ3) is 5.05. The molecule has 0 saturated carbocycles. The highest BCUT2D eigenvalue weighted by Gasteiger charge is 1.96. The van der Waals surface area contributed by atoms with Crippen LogP contribution in [0.2, 0.25) is 0 Å². The number of anilines is 1. The Morgan fingerprint density at radius 3 is 2.60 bits per heavy atom. The van der Waals surface area contributed by atoms with E-state index in [2.05, 4.69) is 10.6 Å². The van der Waals surface area contributed by atoms with Crippen molar-refractivity contribution in [3.8, 4) is 0 Å². The van der Waals surface area contributed by atoms with Gasteiger partial charge in [0.25, 0.3) is 0 Å². The van der Waals surface area contributed by atoms with Crippen LogP contribution in [0.5, 0.6) is 0 Å². The van der Waals surface area contributed by atoms with Crippen molar-refractivity contribution in [3.63, 3.8) is 0 Å². The van der Waals surface area contributed by atoms with Crippen molar-refractivity contribution in [1.82, 2.24) is 5.32 Å². The van der Waals surface area contributed by atoms with Gasteiger partial charge in [0.2, 0.25) is 5.91 Å². The number of hydrogen-bond acceptors (Lipinski definition) is 2. The van der Waals surface area contributed by atoms with Crippen molar-refractivity contribution in [3.05, 3.63) is 30.3 Å². The largest absolute Gasteiger partial charge is 0.383 e. The van der Waals surface area contributed by atoms with Crippen molar-refractivity contribution in [2.24, 2.45) is 0 Å². The maximum Gasteiger partial charge on any atom is 0.220 e. The van der Waals surface area contributed by atoms with Crippen molar-refractivity contribution >= 4 is 11.6 Å². The van der Waals surface area contributed by atoms with Gasteiger partial charge < -0.3 is 10.6 Å². The molecule has 82 valence electrons. The van der Waals surface area contributed by atoms with Crippen LogP contribution in [0.1, 0.15) is 19.8 Å². The number of nitrogens with one attached hydrogen (secondary N) is 2. The molecule has 0 fully saturated rings. The second-order valence-electron chi connectivity index (χ2n) is 3.39. The Morgan fingerprint density at radius 1 is 1.20 bits per heavy atom. The van der Waals surface area contributed by atoms with Crippen LogP contribution in [0.3, 0.4) is 0 Å². The summed E-state index contributed by atoms with van der Waals surface area (Å²) in [6.45, 7) is 3.44. The van der Waals surface area contributed by atoms with Crippen LogP contribution in [-0.2, 0) is 4.79 Å². The van der Waals surface area contributed by atoms with Gasteiger partial charge in [0.1, 0.15) is 0 Å². The first-order chi connectivity index (χ1) is 7.33. The molecule has 1 aromatic rings. The molecule has 0 aliphatic carbocycles. The molecule has 0 aliphatic heterocycles. The summed E-state index contributed by atoms with van der Waals surface area (Å²) in [5.74, 6) is 0.132. The molecule has 0 unspecified atom stereocenters. The standard InChI is InChI=1S/C12H18N2O/c1-2-6-12(15)14-10-9-13-11-7-4-3-5-8-11/h3-5,7-8,13H,2,6,9-10H2,1H3,(H,14,15). The summed E-state index contributed by atoms with van der Waals surface area (Å²) in [5, 5.41) is 6.08. The Morgan fingerprint density at radius 2 is 1.93 bits per heavy atom. The number of benzene rings is 1. The van der Waals surface area contributed by atoms with Crippen LogP contribution in [0.15, 0.2) is 30.3 Å². The van der Waals surface area contributed by atoms with Crippen molar-refractivity contribution in [2.75, 3.05) is 18.4 Å². The number of amides is 1. The molecule has 0 aliphatic rings. The molecule has 0 spiro atoms. The molecular formula is C12H18N2O. The van der Waals surface area contributed by atoms with Crippen LogP contribution in [0.4, 0.5) is 5.69 Å². The molecule has 3 nitrogen and oxygen atoms in total. The van der Waals surface area contributed by atoms with E-state index < -0.39 is 0 Å². The fraction of sp³-hybridized carbons (Fsp3) is 0.417. The average molecular weight is 206 g/mol. The van der Waals surface area contributed by atoms with E-state index in [1.54, 1.807) is 0 Å². The topological polar surface area (TPSA) is 41.1 Å². The number of rotatable bonds is 6. The predicted octanol–water partition coefficient (Wildman–Crippen LogP) is 2.01. The van der Waals surface area contributed by atoms with Gasteiger partial charge >= 0.3 is 0 Å². The quantitative estimate of drug-likeness (QED) is 0.699. The minimum Gasteiger partial charge on any atom is -0.383 e. The number of carbonyl (C=O) groups excluding carboxylic acids is 1. The van der Waals surface area contributed by atoms with Crippen LogP contribution in [0, 0.1) is 0 Å². The van der Waals surface area contributed by atoms with Crippen molar-refractivity contribution < 1.29 is 4.79 Å². The lowest BCUT2D eigenvalue weighted by molar-refractivity contribution is -0.121. The maximum absolute atomic E-state index is 11.1. The van der Waals surface area contributed by atoms with E-state index in [-0.39, 0.29) is 5.91 Å². The van der Waals surface area contributed by atoms with Gasteiger partial charge in [0.05, 0.1) is 0 Å². The van der Waals surface area contributed by atoms with E-state index in [4.69, 9.17) is 0 Å². The maximum atomic E-state index is 11.1. The molecule has 1 aromatic carbocycles. The first-order valence-corrected chi connectivity index (χ1v) is 5.38. The third-order valence-electron chi connectivity index (χ3n) is 2.03. The first-order valence-electron chi connectivity index (χ1n) is 5.38. The fourth-order valence-electron chi connectivity index (χ4n) is 1.28. The summed E-state index contributed by atoms with van der Waals surface area (Å²) in [5.41, 5.74) is 1.09. The lowest BCUT2D eigenvalue weighted by Gasteiger charge is -2.07. The highest BCUT2D eigenvalue weighted by atomic mass is 16.1. The lowest BCUT2D eigenvalue weighted by Crippen LogP contribution is -2.28. The van der Waals surface area contributed by atoms with E-state index in [9.17, 15) is 4.79 Å². The third-order valence-corrected chi connectivity index (χ3v) is 2.03. The smallest absolute Gasteiger partial charge is 0.220 e. The number of hydrogen-bond donors (Lipinski definition) is 2. The van der Waals surface area contributed by atoms with Crippen LogP contribution in [0.25, 0.3) is 0 Å². The minimum absolute atomic E-state index is 0.132. The monoisotopic (exact) mass is 206 g/mol. The van der Waals surface area contributed by atoms with Crippen molar-refractivity contribution in [2.45, 2.75) is 19.8 Å². The second kappa shape index (κ2) is 6.87. The summed E-state index contributed by atoms with van der Waals surface area (Å²) in [6, 6.07) is 9.96. The zero-order chi connectivity index (χ0) is 10.9. The molecule has 0 saturated heterocycles. The zero-order valence-electron chi connectivity index (χ0n) is 9.12. The Labute approximate surface area is 90.9 Å². The van der Waals surface area contributed by atoms with Gasteiger partial charge in [-0.1, -0.05) is 25.1 Å². The van der Waals surface area contributed by atoms with Crippen LogP contribution in [-0.4, -0.2) is 19.0 Å². The highest BCUT2D eigenvalue weighted by molar-refractivity contribution is 5.75. The van der Waals surface area contributed by atoms with Gasteiger partial charge in [-0.25, -0.2) is 0 Å². The molecule has 1 rings (SSSR count). The van der Waals surface area contributed by atoms with Gasteiger partial charge in [-0.15, -0.1) is 0 Å². The summed E-state index contributed by atoms with van der Waals surface area (Å²) in [4.78, 5) is 11.1.